The van der Waals surface area contributed by atoms with Crippen molar-refractivity contribution in [2.24, 2.45) is 0 Å². The SMILES string of the molecule is CCn1c(SCc2nnc(C)o2)nnc1-c1cccc(Cl)c1. The van der Waals surface area contributed by atoms with Crippen molar-refractivity contribution in [3.05, 3.63) is 41.1 Å². The Labute approximate surface area is 136 Å². The third kappa shape index (κ3) is 3.15. The number of hydrogen-bond donors (Lipinski definition) is 0. The number of thioether (sulfide) groups is 1. The minimum atomic E-state index is 0.562. The van der Waals surface area contributed by atoms with E-state index in [2.05, 4.69) is 27.3 Å². The van der Waals surface area contributed by atoms with Crippen LogP contribution in [-0.2, 0) is 12.3 Å². The molecular formula is C14H14ClN5OS. The number of rotatable bonds is 5. The maximum absolute atomic E-state index is 6.05. The Morgan fingerprint density at radius 2 is 2.09 bits per heavy atom. The number of aromatic nitrogens is 5. The summed E-state index contributed by atoms with van der Waals surface area (Å²) in [5.41, 5.74) is 0.947. The molecule has 8 heteroatoms. The van der Waals surface area contributed by atoms with Crippen molar-refractivity contribution in [1.29, 1.82) is 0 Å². The molecule has 0 N–H and O–H groups in total. The lowest BCUT2D eigenvalue weighted by Gasteiger charge is -2.06. The number of hydrogen-bond acceptors (Lipinski definition) is 6. The summed E-state index contributed by atoms with van der Waals surface area (Å²) in [6.45, 7) is 4.59. The fourth-order valence-electron chi connectivity index (χ4n) is 2.04. The van der Waals surface area contributed by atoms with Gasteiger partial charge in [0.2, 0.25) is 11.8 Å². The van der Waals surface area contributed by atoms with Gasteiger partial charge in [-0.05, 0) is 19.1 Å². The highest BCUT2D eigenvalue weighted by molar-refractivity contribution is 7.98. The lowest BCUT2D eigenvalue weighted by molar-refractivity contribution is 0.485. The second kappa shape index (κ2) is 6.50. The van der Waals surface area contributed by atoms with Crippen molar-refractivity contribution in [3.63, 3.8) is 0 Å². The van der Waals surface area contributed by atoms with E-state index in [1.165, 1.54) is 11.8 Å². The van der Waals surface area contributed by atoms with Gasteiger partial charge in [-0.1, -0.05) is 35.5 Å². The lowest BCUT2D eigenvalue weighted by atomic mass is 10.2. The van der Waals surface area contributed by atoms with Gasteiger partial charge >= 0.3 is 0 Å². The summed E-state index contributed by atoms with van der Waals surface area (Å²) in [7, 11) is 0. The first kappa shape index (κ1) is 15.1. The van der Waals surface area contributed by atoms with Crippen LogP contribution in [-0.4, -0.2) is 25.0 Å². The smallest absolute Gasteiger partial charge is 0.226 e. The zero-order valence-electron chi connectivity index (χ0n) is 12.2. The number of halogens is 1. The summed E-state index contributed by atoms with van der Waals surface area (Å²) in [5, 5.41) is 17.8. The molecule has 22 heavy (non-hydrogen) atoms. The Hall–Kier alpha value is -1.86. The van der Waals surface area contributed by atoms with Crippen LogP contribution < -0.4 is 0 Å². The van der Waals surface area contributed by atoms with Gasteiger partial charge in [0, 0.05) is 24.1 Å². The van der Waals surface area contributed by atoms with Gasteiger partial charge in [0.15, 0.2) is 11.0 Å². The molecule has 0 spiro atoms. The number of nitrogens with zero attached hydrogens (tertiary/aromatic N) is 5. The van der Waals surface area contributed by atoms with E-state index in [-0.39, 0.29) is 0 Å². The first-order chi connectivity index (χ1) is 10.7. The predicted molar refractivity (Wildman–Crippen MR) is 84.7 cm³/mol. The number of aryl methyl sites for hydroxylation is 1. The molecule has 3 rings (SSSR count). The van der Waals surface area contributed by atoms with Crippen LogP contribution in [0.15, 0.2) is 33.8 Å². The predicted octanol–water partition coefficient (Wildman–Crippen LogP) is 3.60. The van der Waals surface area contributed by atoms with Crippen LogP contribution in [0.1, 0.15) is 18.7 Å². The zero-order valence-corrected chi connectivity index (χ0v) is 13.7. The Kier molecular flexibility index (Phi) is 4.44. The second-order valence-corrected chi connectivity index (χ2v) is 5.94. The third-order valence-electron chi connectivity index (χ3n) is 3.01. The molecule has 0 aliphatic rings. The van der Waals surface area contributed by atoms with E-state index >= 15 is 0 Å². The van der Waals surface area contributed by atoms with Crippen molar-refractivity contribution in [1.82, 2.24) is 25.0 Å². The van der Waals surface area contributed by atoms with E-state index in [1.54, 1.807) is 6.92 Å². The summed E-state index contributed by atoms with van der Waals surface area (Å²) in [6, 6.07) is 7.59. The summed E-state index contributed by atoms with van der Waals surface area (Å²) in [5.74, 6) is 2.51. The monoisotopic (exact) mass is 335 g/mol. The molecule has 1 aromatic carbocycles. The van der Waals surface area contributed by atoms with Gasteiger partial charge in [-0.3, -0.25) is 0 Å². The van der Waals surface area contributed by atoms with Crippen LogP contribution in [0.2, 0.25) is 5.02 Å². The molecule has 0 bridgehead atoms. The maximum Gasteiger partial charge on any atom is 0.226 e. The molecule has 0 fully saturated rings. The van der Waals surface area contributed by atoms with E-state index in [0.29, 0.717) is 22.6 Å². The van der Waals surface area contributed by atoms with Gasteiger partial charge < -0.3 is 8.98 Å². The highest BCUT2D eigenvalue weighted by Gasteiger charge is 2.14. The highest BCUT2D eigenvalue weighted by atomic mass is 35.5. The molecule has 3 aromatic rings. The molecule has 0 radical (unpaired) electrons. The quantitative estimate of drug-likeness (QED) is 0.663. The van der Waals surface area contributed by atoms with Crippen molar-refractivity contribution in [2.75, 3.05) is 0 Å². The molecule has 0 amide bonds. The molecular weight excluding hydrogens is 322 g/mol. The summed E-state index contributed by atoms with van der Waals surface area (Å²) in [4.78, 5) is 0. The van der Waals surface area contributed by atoms with Gasteiger partial charge in [0.25, 0.3) is 0 Å². The second-order valence-electron chi connectivity index (χ2n) is 4.56. The molecule has 2 aromatic heterocycles. The summed E-state index contributed by atoms with van der Waals surface area (Å²) in [6.07, 6.45) is 0. The molecule has 0 unspecified atom stereocenters. The van der Waals surface area contributed by atoms with Gasteiger partial charge in [-0.25, -0.2) is 0 Å². The Bertz CT molecular complexity index is 785. The summed E-state index contributed by atoms with van der Waals surface area (Å²) < 4.78 is 7.41. The van der Waals surface area contributed by atoms with E-state index in [9.17, 15) is 0 Å². The standard InChI is InChI=1S/C14H14ClN5OS/c1-3-20-13(10-5-4-6-11(15)7-10)18-19-14(20)22-8-12-17-16-9(2)21-12/h4-7H,3,8H2,1-2H3. The van der Waals surface area contributed by atoms with E-state index in [4.69, 9.17) is 16.0 Å². The van der Waals surface area contributed by atoms with Gasteiger partial charge in [-0.2, -0.15) is 0 Å². The van der Waals surface area contributed by atoms with Crippen LogP contribution in [0.5, 0.6) is 0 Å². The van der Waals surface area contributed by atoms with Gasteiger partial charge in [-0.15, -0.1) is 20.4 Å². The van der Waals surface area contributed by atoms with Crippen LogP contribution in [0.4, 0.5) is 0 Å². The fourth-order valence-corrected chi connectivity index (χ4v) is 3.07. The van der Waals surface area contributed by atoms with Crippen LogP contribution in [0.25, 0.3) is 11.4 Å². The average molecular weight is 336 g/mol. The van der Waals surface area contributed by atoms with Crippen LogP contribution >= 0.6 is 23.4 Å². The Balaban J connectivity index is 1.84. The molecule has 6 nitrogen and oxygen atoms in total. The van der Waals surface area contributed by atoms with Crippen LogP contribution in [0.3, 0.4) is 0 Å². The first-order valence-electron chi connectivity index (χ1n) is 6.78. The average Bonchev–Trinajstić information content (AvgIpc) is 3.10. The molecule has 114 valence electrons. The highest BCUT2D eigenvalue weighted by Crippen LogP contribution is 2.27. The molecule has 2 heterocycles. The Morgan fingerprint density at radius 3 is 2.77 bits per heavy atom. The third-order valence-corrected chi connectivity index (χ3v) is 4.20. The molecule has 0 atom stereocenters. The largest absolute Gasteiger partial charge is 0.425 e. The van der Waals surface area contributed by atoms with Crippen molar-refractivity contribution in [3.8, 4) is 11.4 Å². The normalized spacial score (nSPS) is 11.0. The zero-order chi connectivity index (χ0) is 15.5. The van der Waals surface area contributed by atoms with E-state index < -0.39 is 0 Å². The molecule has 0 aliphatic carbocycles. The topological polar surface area (TPSA) is 69.6 Å². The maximum atomic E-state index is 6.05. The fraction of sp³-hybridized carbons (Fsp3) is 0.286. The van der Waals surface area contributed by atoms with Crippen molar-refractivity contribution >= 4 is 23.4 Å². The van der Waals surface area contributed by atoms with Crippen molar-refractivity contribution in [2.45, 2.75) is 31.3 Å². The van der Waals surface area contributed by atoms with E-state index in [1.807, 2.05) is 28.8 Å². The van der Waals surface area contributed by atoms with Gasteiger partial charge in [0.05, 0.1) is 5.75 Å². The first-order valence-corrected chi connectivity index (χ1v) is 8.14. The summed E-state index contributed by atoms with van der Waals surface area (Å²) >= 11 is 7.57. The minimum absolute atomic E-state index is 0.562. The van der Waals surface area contributed by atoms with E-state index in [0.717, 1.165) is 23.1 Å². The minimum Gasteiger partial charge on any atom is -0.425 e. The lowest BCUT2D eigenvalue weighted by Crippen LogP contribution is -2.00. The molecule has 0 saturated carbocycles. The Morgan fingerprint density at radius 1 is 1.23 bits per heavy atom. The van der Waals surface area contributed by atoms with Crippen LogP contribution in [0, 0.1) is 6.92 Å². The number of benzene rings is 1. The van der Waals surface area contributed by atoms with Gasteiger partial charge in [0.1, 0.15) is 0 Å². The molecule has 0 aliphatic heterocycles. The molecule has 0 saturated heterocycles. The van der Waals surface area contributed by atoms with Crippen molar-refractivity contribution < 1.29 is 4.42 Å².